The molecule has 0 saturated heterocycles. The van der Waals surface area contributed by atoms with Gasteiger partial charge in [0.1, 0.15) is 0 Å². The van der Waals surface area contributed by atoms with Crippen LogP contribution in [0.1, 0.15) is 0 Å². The number of rotatable bonds is 0. The van der Waals surface area contributed by atoms with E-state index in [0.29, 0.717) is 16.0 Å². The molecule has 0 amide bonds. The summed E-state index contributed by atoms with van der Waals surface area (Å²) in [7, 11) is 0. The number of halogens is 1. The summed E-state index contributed by atoms with van der Waals surface area (Å²) < 4.78 is 5.40. The van der Waals surface area contributed by atoms with Gasteiger partial charge in [-0.25, -0.2) is 5.10 Å². The molecule has 0 aliphatic rings. The Labute approximate surface area is 88.5 Å². The Bertz CT molecular complexity index is 714. The minimum Gasteiger partial charge on any atom is -0.449 e. The summed E-state index contributed by atoms with van der Waals surface area (Å²) in [6, 6.07) is 5.36. The number of nitrogens with one attached hydrogen (secondary N) is 1. The van der Waals surface area contributed by atoms with Gasteiger partial charge in [-0.2, -0.15) is 5.10 Å². The first-order valence-corrected chi connectivity index (χ1v) is 4.69. The normalized spacial score (nSPS) is 11.3. The Kier molecular flexibility index (Phi) is 1.61. The largest absolute Gasteiger partial charge is 0.449 e. The zero-order valence-corrected chi connectivity index (χ0v) is 8.21. The van der Waals surface area contributed by atoms with Crippen LogP contribution < -0.4 is 5.56 Å². The highest BCUT2D eigenvalue weighted by molar-refractivity contribution is 6.35. The third-order valence-corrected chi connectivity index (χ3v) is 2.57. The third-order valence-electron chi connectivity index (χ3n) is 2.27. The molecule has 4 nitrogen and oxygen atoms in total. The van der Waals surface area contributed by atoms with E-state index in [9.17, 15) is 4.79 Å². The predicted molar refractivity (Wildman–Crippen MR) is 57.1 cm³/mol. The van der Waals surface area contributed by atoms with Crippen LogP contribution in [0.4, 0.5) is 0 Å². The Balaban J connectivity index is 2.69. The number of H-pyrrole nitrogens is 1. The van der Waals surface area contributed by atoms with Crippen LogP contribution in [0.5, 0.6) is 0 Å². The van der Waals surface area contributed by atoms with Crippen LogP contribution in [0, 0.1) is 0 Å². The highest BCUT2D eigenvalue weighted by Gasteiger charge is 2.11. The average Bonchev–Trinajstić information content (AvgIpc) is 2.60. The molecule has 0 aliphatic carbocycles. The van der Waals surface area contributed by atoms with Gasteiger partial charge in [-0.1, -0.05) is 23.7 Å². The van der Waals surface area contributed by atoms with Crippen molar-refractivity contribution < 1.29 is 4.42 Å². The molecular weight excluding hydrogens is 216 g/mol. The first kappa shape index (κ1) is 8.49. The van der Waals surface area contributed by atoms with Gasteiger partial charge in [0.05, 0.1) is 16.6 Å². The maximum absolute atomic E-state index is 11.4. The molecular formula is C10H5ClN2O2. The van der Waals surface area contributed by atoms with E-state index in [2.05, 4.69) is 10.2 Å². The number of nitrogens with zero attached hydrogens (tertiary/aromatic N) is 1. The van der Waals surface area contributed by atoms with E-state index in [-0.39, 0.29) is 11.1 Å². The molecule has 0 bridgehead atoms. The van der Waals surface area contributed by atoms with Crippen LogP contribution >= 0.6 is 11.6 Å². The summed E-state index contributed by atoms with van der Waals surface area (Å²) >= 11 is 5.95. The quantitative estimate of drug-likeness (QED) is 0.633. The van der Waals surface area contributed by atoms with Gasteiger partial charge in [-0.05, 0) is 6.07 Å². The lowest BCUT2D eigenvalue weighted by Gasteiger charge is -1.89. The first-order valence-electron chi connectivity index (χ1n) is 4.32. The van der Waals surface area contributed by atoms with Crippen molar-refractivity contribution >= 4 is 33.5 Å². The lowest BCUT2D eigenvalue weighted by atomic mass is 10.2. The van der Waals surface area contributed by atoms with Crippen molar-refractivity contribution in [3.63, 3.8) is 0 Å². The van der Waals surface area contributed by atoms with Crippen LogP contribution in [-0.4, -0.2) is 10.2 Å². The van der Waals surface area contributed by atoms with Crippen molar-refractivity contribution in [2.75, 3.05) is 0 Å². The maximum atomic E-state index is 11.4. The molecule has 0 aliphatic heterocycles. The molecule has 1 N–H and O–H groups in total. The highest BCUT2D eigenvalue weighted by Crippen LogP contribution is 2.30. The zero-order valence-electron chi connectivity index (χ0n) is 7.45. The Morgan fingerprint density at radius 1 is 1.27 bits per heavy atom. The molecule has 0 fully saturated rings. The summed E-state index contributed by atoms with van der Waals surface area (Å²) in [5.74, 6) is 0. The van der Waals surface area contributed by atoms with E-state index in [1.807, 2.05) is 6.07 Å². The molecule has 15 heavy (non-hydrogen) atoms. The molecule has 0 radical (unpaired) electrons. The van der Waals surface area contributed by atoms with E-state index in [0.717, 1.165) is 5.39 Å². The third kappa shape index (κ3) is 1.08. The van der Waals surface area contributed by atoms with Crippen molar-refractivity contribution in [1.29, 1.82) is 0 Å². The number of para-hydroxylation sites is 1. The number of aromatic amines is 1. The molecule has 3 rings (SSSR count). The number of fused-ring (bicyclic) bond motifs is 3. The number of hydrogen-bond donors (Lipinski definition) is 1. The smallest absolute Gasteiger partial charge is 0.307 e. The minimum atomic E-state index is -0.347. The number of hydrogen-bond acceptors (Lipinski definition) is 3. The van der Waals surface area contributed by atoms with Crippen molar-refractivity contribution in [2.24, 2.45) is 0 Å². The van der Waals surface area contributed by atoms with Gasteiger partial charge in [-0.15, -0.1) is 0 Å². The molecule has 0 saturated carbocycles. The molecule has 3 aromatic rings. The molecule has 5 heteroatoms. The fraction of sp³-hybridized carbons (Fsp3) is 0. The van der Waals surface area contributed by atoms with E-state index in [1.54, 1.807) is 18.3 Å². The number of aromatic nitrogens is 2. The van der Waals surface area contributed by atoms with E-state index >= 15 is 0 Å². The second-order valence-corrected chi connectivity index (χ2v) is 3.57. The molecule has 2 heterocycles. The number of benzene rings is 1. The Morgan fingerprint density at radius 3 is 3.00 bits per heavy atom. The van der Waals surface area contributed by atoms with E-state index < -0.39 is 0 Å². The second-order valence-electron chi connectivity index (χ2n) is 3.16. The molecule has 74 valence electrons. The van der Waals surface area contributed by atoms with Gasteiger partial charge in [0.15, 0.2) is 5.58 Å². The molecule has 0 atom stereocenters. The maximum Gasteiger partial charge on any atom is 0.307 e. The van der Waals surface area contributed by atoms with Gasteiger partial charge in [0, 0.05) is 5.39 Å². The van der Waals surface area contributed by atoms with Crippen LogP contribution in [0.15, 0.2) is 33.6 Å². The van der Waals surface area contributed by atoms with Crippen LogP contribution in [0.2, 0.25) is 5.02 Å². The SMILES string of the molecule is O=c1[nH]ncc2c1oc1c(Cl)cccc12. The van der Waals surface area contributed by atoms with Crippen molar-refractivity contribution in [1.82, 2.24) is 10.2 Å². The second kappa shape index (κ2) is 2.84. The monoisotopic (exact) mass is 220 g/mol. The van der Waals surface area contributed by atoms with E-state index in [4.69, 9.17) is 16.0 Å². The summed E-state index contributed by atoms with van der Waals surface area (Å²) in [5.41, 5.74) is 0.431. The lowest BCUT2D eigenvalue weighted by molar-refractivity contribution is 0.660. The summed E-state index contributed by atoms with van der Waals surface area (Å²) in [6.45, 7) is 0. The zero-order chi connectivity index (χ0) is 10.4. The molecule has 0 unspecified atom stereocenters. The number of furan rings is 1. The van der Waals surface area contributed by atoms with Crippen molar-refractivity contribution in [2.45, 2.75) is 0 Å². The van der Waals surface area contributed by atoms with Crippen molar-refractivity contribution in [3.05, 3.63) is 39.8 Å². The highest BCUT2D eigenvalue weighted by atomic mass is 35.5. The van der Waals surface area contributed by atoms with Gasteiger partial charge in [-0.3, -0.25) is 4.79 Å². The molecule has 1 aromatic carbocycles. The summed E-state index contributed by atoms with van der Waals surface area (Å²) in [5, 5.41) is 8.00. The van der Waals surface area contributed by atoms with Gasteiger partial charge < -0.3 is 4.42 Å². The van der Waals surface area contributed by atoms with Crippen LogP contribution in [0.3, 0.4) is 0 Å². The molecule has 0 spiro atoms. The summed E-state index contributed by atoms with van der Waals surface area (Å²) in [6.07, 6.45) is 1.55. The molecule has 2 aromatic heterocycles. The Morgan fingerprint density at radius 2 is 2.13 bits per heavy atom. The fourth-order valence-corrected chi connectivity index (χ4v) is 1.82. The van der Waals surface area contributed by atoms with E-state index in [1.165, 1.54) is 0 Å². The van der Waals surface area contributed by atoms with Gasteiger partial charge >= 0.3 is 5.56 Å². The summed E-state index contributed by atoms with van der Waals surface area (Å²) in [4.78, 5) is 11.4. The minimum absolute atomic E-state index is 0.258. The fourth-order valence-electron chi connectivity index (χ4n) is 1.61. The van der Waals surface area contributed by atoms with Gasteiger partial charge in [0.25, 0.3) is 0 Å². The Hall–Kier alpha value is -1.81. The lowest BCUT2D eigenvalue weighted by Crippen LogP contribution is -2.05. The predicted octanol–water partition coefficient (Wildman–Crippen LogP) is 2.32. The van der Waals surface area contributed by atoms with Crippen LogP contribution in [-0.2, 0) is 0 Å². The average molecular weight is 221 g/mol. The topological polar surface area (TPSA) is 58.9 Å². The van der Waals surface area contributed by atoms with Gasteiger partial charge in [0.2, 0.25) is 5.58 Å². The van der Waals surface area contributed by atoms with Crippen LogP contribution in [0.25, 0.3) is 21.9 Å². The van der Waals surface area contributed by atoms with Crippen molar-refractivity contribution in [3.8, 4) is 0 Å². The standard InChI is InChI=1S/C10H5ClN2O2/c11-7-3-1-2-5-6-4-12-13-10(14)9(6)15-8(5)7/h1-4H,(H,13,14). The first-order chi connectivity index (χ1) is 7.27.